The monoisotopic (exact) mass is 280 g/mol. The number of nitrogens with two attached hydrogens (primary N) is 1. The lowest BCUT2D eigenvalue weighted by Gasteiger charge is -2.23. The molecule has 4 nitrogen and oxygen atoms in total. The molecule has 0 aliphatic carbocycles. The number of nitrogens with zero attached hydrogens (tertiary/aromatic N) is 1. The summed E-state index contributed by atoms with van der Waals surface area (Å²) in [6.07, 6.45) is 0.272. The van der Waals surface area contributed by atoms with Gasteiger partial charge in [0.05, 0.1) is 13.0 Å². The van der Waals surface area contributed by atoms with Crippen molar-refractivity contribution >= 4 is 24.4 Å². The van der Waals surface area contributed by atoms with Crippen LogP contribution in [0.1, 0.15) is 19.4 Å². The molecule has 0 unspecified atom stereocenters. The fourth-order valence-corrected chi connectivity index (χ4v) is 1.93. The molecule has 0 radical (unpaired) electrons. The number of hydrogen-bond donors (Lipinski definition) is 2. The molecule has 0 fully saturated rings. The van der Waals surface area contributed by atoms with Crippen molar-refractivity contribution in [3.63, 3.8) is 0 Å². The summed E-state index contributed by atoms with van der Waals surface area (Å²) in [6.45, 7) is 4.50. The van der Waals surface area contributed by atoms with Gasteiger partial charge in [0.15, 0.2) is 0 Å². The Morgan fingerprint density at radius 2 is 1.84 bits per heavy atom. The zero-order valence-corrected chi connectivity index (χ0v) is 12.2. The molecule has 1 rings (SSSR count). The van der Waals surface area contributed by atoms with Crippen molar-refractivity contribution in [3.05, 3.63) is 29.8 Å². The van der Waals surface area contributed by atoms with Crippen molar-refractivity contribution < 1.29 is 9.59 Å². The third kappa shape index (κ3) is 5.79. The van der Waals surface area contributed by atoms with E-state index in [1.54, 1.807) is 0 Å². The number of amides is 2. The van der Waals surface area contributed by atoms with E-state index in [0.29, 0.717) is 12.5 Å². The number of benzene rings is 1. The zero-order chi connectivity index (χ0) is 14.4. The molecule has 0 saturated heterocycles. The molecule has 0 aliphatic heterocycles. The number of hydrogen-bond acceptors (Lipinski definition) is 3. The summed E-state index contributed by atoms with van der Waals surface area (Å²) in [7, 11) is 0. The minimum atomic E-state index is -0.486. The molecule has 19 heavy (non-hydrogen) atoms. The normalized spacial score (nSPS) is 10.5. The highest BCUT2D eigenvalue weighted by atomic mass is 32.1. The van der Waals surface area contributed by atoms with Gasteiger partial charge in [0.2, 0.25) is 11.8 Å². The van der Waals surface area contributed by atoms with E-state index in [1.807, 2.05) is 38.1 Å². The van der Waals surface area contributed by atoms with Gasteiger partial charge in [-0.25, -0.2) is 0 Å². The number of rotatable bonds is 6. The van der Waals surface area contributed by atoms with E-state index in [9.17, 15) is 9.59 Å². The number of thiol groups is 1. The second kappa shape index (κ2) is 7.19. The molecule has 2 N–H and O–H groups in total. The van der Waals surface area contributed by atoms with Crippen LogP contribution in [0.4, 0.5) is 0 Å². The van der Waals surface area contributed by atoms with Gasteiger partial charge in [0.1, 0.15) is 0 Å². The molecule has 1 aromatic rings. The third-order valence-electron chi connectivity index (χ3n) is 2.58. The summed E-state index contributed by atoms with van der Waals surface area (Å²) in [5.41, 5.74) is 6.08. The summed E-state index contributed by atoms with van der Waals surface area (Å²) >= 11 is 4.20. The van der Waals surface area contributed by atoms with Crippen molar-refractivity contribution in [2.24, 2.45) is 11.7 Å². The van der Waals surface area contributed by atoms with Crippen LogP contribution >= 0.6 is 12.6 Å². The first-order valence-electron chi connectivity index (χ1n) is 6.22. The van der Waals surface area contributed by atoms with E-state index in [-0.39, 0.29) is 18.9 Å². The summed E-state index contributed by atoms with van der Waals surface area (Å²) in [5, 5.41) is 0. The quantitative estimate of drug-likeness (QED) is 0.775. The van der Waals surface area contributed by atoms with Crippen LogP contribution in [0.5, 0.6) is 0 Å². The molecule has 2 amide bonds. The lowest BCUT2D eigenvalue weighted by Crippen LogP contribution is -2.41. The smallest absolute Gasteiger partial charge is 0.237 e. The standard InChI is InChI=1S/C14H20N2O2S/c1-10(2)8-16(9-13(15)17)14(18)7-11-3-5-12(19)6-4-11/h3-6,10,19H,7-9H2,1-2H3,(H2,15,17). The highest BCUT2D eigenvalue weighted by molar-refractivity contribution is 7.80. The van der Waals surface area contributed by atoms with Gasteiger partial charge < -0.3 is 10.6 Å². The molecule has 0 aromatic heterocycles. The van der Waals surface area contributed by atoms with Crippen LogP contribution in [0.25, 0.3) is 0 Å². The molecular formula is C14H20N2O2S. The Morgan fingerprint density at radius 3 is 2.32 bits per heavy atom. The molecule has 0 atom stereocenters. The van der Waals surface area contributed by atoms with Crippen molar-refractivity contribution in [1.82, 2.24) is 4.90 Å². The maximum atomic E-state index is 12.2. The second-order valence-electron chi connectivity index (χ2n) is 4.98. The fraction of sp³-hybridized carbons (Fsp3) is 0.429. The van der Waals surface area contributed by atoms with Gasteiger partial charge in [0, 0.05) is 11.4 Å². The van der Waals surface area contributed by atoms with Gasteiger partial charge in [-0.3, -0.25) is 9.59 Å². The average Bonchev–Trinajstić information content (AvgIpc) is 2.30. The molecule has 104 valence electrons. The molecule has 0 heterocycles. The maximum Gasteiger partial charge on any atom is 0.237 e. The largest absolute Gasteiger partial charge is 0.368 e. The van der Waals surface area contributed by atoms with Gasteiger partial charge >= 0.3 is 0 Å². The Morgan fingerprint density at radius 1 is 1.26 bits per heavy atom. The van der Waals surface area contributed by atoms with Crippen molar-refractivity contribution in [3.8, 4) is 0 Å². The van der Waals surface area contributed by atoms with Crippen molar-refractivity contribution in [1.29, 1.82) is 0 Å². The van der Waals surface area contributed by atoms with Crippen LogP contribution in [0.15, 0.2) is 29.2 Å². The summed E-state index contributed by atoms with van der Waals surface area (Å²) < 4.78 is 0. The molecule has 0 bridgehead atoms. The molecule has 0 aliphatic rings. The summed E-state index contributed by atoms with van der Waals surface area (Å²) in [6, 6.07) is 7.40. The zero-order valence-electron chi connectivity index (χ0n) is 11.3. The Balaban J connectivity index is 2.70. The van der Waals surface area contributed by atoms with Crippen LogP contribution in [0.3, 0.4) is 0 Å². The van der Waals surface area contributed by atoms with Gasteiger partial charge in [-0.05, 0) is 23.6 Å². The van der Waals surface area contributed by atoms with E-state index in [0.717, 1.165) is 10.5 Å². The number of primary amides is 1. The first kappa shape index (κ1) is 15.6. The molecule has 5 heteroatoms. The average molecular weight is 280 g/mol. The van der Waals surface area contributed by atoms with Crippen LogP contribution in [0.2, 0.25) is 0 Å². The topological polar surface area (TPSA) is 63.4 Å². The maximum absolute atomic E-state index is 12.2. The van der Waals surface area contributed by atoms with Gasteiger partial charge in [-0.1, -0.05) is 26.0 Å². The molecule has 1 aromatic carbocycles. The molecule has 0 spiro atoms. The van der Waals surface area contributed by atoms with E-state index in [4.69, 9.17) is 5.73 Å². The summed E-state index contributed by atoms with van der Waals surface area (Å²) in [4.78, 5) is 25.5. The minimum absolute atomic E-state index is 0.0261. The van der Waals surface area contributed by atoms with E-state index in [1.165, 1.54) is 4.90 Å². The van der Waals surface area contributed by atoms with Gasteiger partial charge in [0.25, 0.3) is 0 Å². The Kier molecular flexibility index (Phi) is 5.89. The second-order valence-corrected chi connectivity index (χ2v) is 5.49. The highest BCUT2D eigenvalue weighted by Gasteiger charge is 2.17. The Hall–Kier alpha value is -1.49. The lowest BCUT2D eigenvalue weighted by atomic mass is 10.1. The first-order valence-corrected chi connectivity index (χ1v) is 6.67. The van der Waals surface area contributed by atoms with Gasteiger partial charge in [-0.15, -0.1) is 12.6 Å². The lowest BCUT2D eigenvalue weighted by molar-refractivity contribution is -0.135. The van der Waals surface area contributed by atoms with Crippen LogP contribution in [0, 0.1) is 5.92 Å². The van der Waals surface area contributed by atoms with Crippen LogP contribution in [-0.2, 0) is 16.0 Å². The molecule has 0 saturated carbocycles. The Labute approximate surface area is 119 Å². The third-order valence-corrected chi connectivity index (χ3v) is 2.87. The van der Waals surface area contributed by atoms with Crippen LogP contribution in [-0.4, -0.2) is 29.8 Å². The van der Waals surface area contributed by atoms with Crippen molar-refractivity contribution in [2.75, 3.05) is 13.1 Å². The van der Waals surface area contributed by atoms with E-state index in [2.05, 4.69) is 12.6 Å². The van der Waals surface area contributed by atoms with Crippen molar-refractivity contribution in [2.45, 2.75) is 25.2 Å². The van der Waals surface area contributed by atoms with E-state index < -0.39 is 5.91 Å². The first-order chi connectivity index (χ1) is 8.88. The Bertz CT molecular complexity index is 443. The minimum Gasteiger partial charge on any atom is -0.368 e. The van der Waals surface area contributed by atoms with Crippen LogP contribution < -0.4 is 5.73 Å². The highest BCUT2D eigenvalue weighted by Crippen LogP contribution is 2.10. The van der Waals surface area contributed by atoms with E-state index >= 15 is 0 Å². The summed E-state index contributed by atoms with van der Waals surface area (Å²) in [5.74, 6) is -0.276. The fourth-order valence-electron chi connectivity index (χ4n) is 1.78. The van der Waals surface area contributed by atoms with Gasteiger partial charge in [-0.2, -0.15) is 0 Å². The predicted molar refractivity (Wildman–Crippen MR) is 78.0 cm³/mol. The molecular weight excluding hydrogens is 260 g/mol. The SMILES string of the molecule is CC(C)CN(CC(N)=O)C(=O)Cc1ccc(S)cc1. The number of carbonyl (C=O) groups excluding carboxylic acids is 2. The predicted octanol–water partition coefficient (Wildman–Crippen LogP) is 1.49. The number of carbonyl (C=O) groups is 2.